The molecule has 0 amide bonds. The zero-order chi connectivity index (χ0) is 15.1. The van der Waals surface area contributed by atoms with Crippen molar-refractivity contribution >= 4 is 5.97 Å². The third kappa shape index (κ3) is 4.01. The summed E-state index contributed by atoms with van der Waals surface area (Å²) in [5, 5.41) is 20.5. The molecule has 1 N–H and O–H groups in total. The van der Waals surface area contributed by atoms with Crippen molar-refractivity contribution in [3.8, 4) is 5.75 Å². The van der Waals surface area contributed by atoms with Gasteiger partial charge in [0.25, 0.3) is 0 Å². The maximum Gasteiger partial charge on any atom is 0.328 e. The van der Waals surface area contributed by atoms with Crippen molar-refractivity contribution in [1.82, 2.24) is 20.2 Å². The molecule has 0 spiro atoms. The molecule has 1 aromatic carbocycles. The molecule has 0 aliphatic rings. The Kier molecular flexibility index (Phi) is 5.25. The fourth-order valence-corrected chi connectivity index (χ4v) is 2.02. The molecule has 112 valence electrons. The second kappa shape index (κ2) is 7.37. The van der Waals surface area contributed by atoms with Crippen LogP contribution in [0.25, 0.3) is 0 Å². The highest BCUT2D eigenvalue weighted by Crippen LogP contribution is 2.15. The van der Waals surface area contributed by atoms with Gasteiger partial charge < -0.3 is 9.84 Å². The number of nitrogens with zero attached hydrogens (tertiary/aromatic N) is 4. The van der Waals surface area contributed by atoms with Crippen LogP contribution in [-0.4, -0.2) is 37.9 Å². The van der Waals surface area contributed by atoms with Crippen molar-refractivity contribution in [2.75, 3.05) is 6.61 Å². The fourth-order valence-electron chi connectivity index (χ4n) is 2.02. The Morgan fingerprint density at radius 1 is 1.38 bits per heavy atom. The lowest BCUT2D eigenvalue weighted by molar-refractivity contribution is -0.141. The number of ether oxygens (including phenoxy) is 1. The zero-order valence-corrected chi connectivity index (χ0v) is 11.8. The number of hydrogen-bond donors (Lipinski definition) is 1. The van der Waals surface area contributed by atoms with E-state index in [2.05, 4.69) is 15.5 Å². The van der Waals surface area contributed by atoms with Crippen LogP contribution in [0.1, 0.15) is 31.6 Å². The Balaban J connectivity index is 1.98. The van der Waals surface area contributed by atoms with Gasteiger partial charge in [0.05, 0.1) is 6.61 Å². The monoisotopic (exact) mass is 290 g/mol. The number of benzene rings is 1. The normalized spacial score (nSPS) is 12.0. The number of rotatable bonds is 8. The molecule has 21 heavy (non-hydrogen) atoms. The minimum Gasteiger partial charge on any atom is -0.493 e. The first kappa shape index (κ1) is 15.0. The summed E-state index contributed by atoms with van der Waals surface area (Å²) in [4.78, 5) is 11.3. The molecular weight excluding hydrogens is 272 g/mol. The summed E-state index contributed by atoms with van der Waals surface area (Å²) in [6, 6.07) is 8.69. The van der Waals surface area contributed by atoms with Crippen molar-refractivity contribution in [3.63, 3.8) is 0 Å². The third-order valence-electron chi connectivity index (χ3n) is 3.04. The van der Waals surface area contributed by atoms with Gasteiger partial charge in [-0.1, -0.05) is 31.5 Å². The van der Waals surface area contributed by atoms with E-state index in [0.717, 1.165) is 12.2 Å². The summed E-state index contributed by atoms with van der Waals surface area (Å²) in [7, 11) is 0. The number of aliphatic carboxylic acids is 1. The summed E-state index contributed by atoms with van der Waals surface area (Å²) in [6.45, 7) is 2.32. The summed E-state index contributed by atoms with van der Waals surface area (Å²) >= 11 is 0. The average molecular weight is 290 g/mol. The van der Waals surface area contributed by atoms with Crippen LogP contribution in [0.5, 0.6) is 5.75 Å². The smallest absolute Gasteiger partial charge is 0.328 e. The number of tetrazole rings is 1. The van der Waals surface area contributed by atoms with Gasteiger partial charge in [-0.3, -0.25) is 0 Å². The number of carbonyl (C=O) groups is 1. The summed E-state index contributed by atoms with van der Waals surface area (Å²) < 4.78 is 6.95. The molecule has 0 aliphatic carbocycles. The lowest BCUT2D eigenvalue weighted by Gasteiger charge is -2.13. The van der Waals surface area contributed by atoms with Crippen molar-refractivity contribution in [2.24, 2.45) is 0 Å². The van der Waals surface area contributed by atoms with Crippen LogP contribution < -0.4 is 4.74 Å². The average Bonchev–Trinajstić information content (AvgIpc) is 2.93. The second-order valence-corrected chi connectivity index (χ2v) is 4.59. The molecule has 7 heteroatoms. The first-order chi connectivity index (χ1) is 10.2. The van der Waals surface area contributed by atoms with Crippen LogP contribution in [0.4, 0.5) is 0 Å². The Morgan fingerprint density at radius 2 is 2.14 bits per heavy atom. The van der Waals surface area contributed by atoms with Gasteiger partial charge in [-0.2, -0.15) is 0 Å². The Morgan fingerprint density at radius 3 is 2.81 bits per heavy atom. The van der Waals surface area contributed by atoms with Crippen LogP contribution in [0, 0.1) is 0 Å². The number of carboxylic acid groups (broad SMARTS) is 1. The van der Waals surface area contributed by atoms with Gasteiger partial charge in [-0.15, -0.1) is 5.10 Å². The Hall–Kier alpha value is -2.44. The first-order valence-electron chi connectivity index (χ1n) is 6.89. The summed E-state index contributed by atoms with van der Waals surface area (Å²) in [5.74, 6) is 0.362. The predicted octanol–water partition coefficient (Wildman–Crippen LogP) is 1.72. The van der Waals surface area contributed by atoms with E-state index in [-0.39, 0.29) is 0 Å². The fraction of sp³-hybridized carbons (Fsp3) is 0.429. The highest BCUT2D eigenvalue weighted by Gasteiger charge is 2.23. The maximum atomic E-state index is 11.3. The van der Waals surface area contributed by atoms with E-state index in [1.807, 2.05) is 37.3 Å². The molecule has 0 bridgehead atoms. The van der Waals surface area contributed by atoms with Gasteiger partial charge in [0.15, 0.2) is 11.9 Å². The first-order valence-corrected chi connectivity index (χ1v) is 6.89. The molecule has 1 atom stereocenters. The molecule has 1 heterocycles. The molecule has 7 nitrogen and oxygen atoms in total. The van der Waals surface area contributed by atoms with E-state index >= 15 is 0 Å². The number of aromatic nitrogens is 4. The van der Waals surface area contributed by atoms with Gasteiger partial charge in [0.2, 0.25) is 0 Å². The number of carboxylic acids is 1. The molecule has 0 fully saturated rings. The molecule has 2 rings (SSSR count). The third-order valence-corrected chi connectivity index (χ3v) is 3.04. The van der Waals surface area contributed by atoms with Crippen molar-refractivity contribution in [3.05, 3.63) is 36.2 Å². The molecule has 1 aromatic heterocycles. The van der Waals surface area contributed by atoms with Crippen LogP contribution in [0.15, 0.2) is 30.3 Å². The predicted molar refractivity (Wildman–Crippen MR) is 75.0 cm³/mol. The van der Waals surface area contributed by atoms with Crippen LogP contribution in [-0.2, 0) is 11.2 Å². The van der Waals surface area contributed by atoms with E-state index in [1.54, 1.807) is 0 Å². The van der Waals surface area contributed by atoms with Crippen LogP contribution in [0.2, 0.25) is 0 Å². The molecule has 0 saturated carbocycles. The van der Waals surface area contributed by atoms with Gasteiger partial charge in [0, 0.05) is 6.42 Å². The molecule has 0 saturated heterocycles. The summed E-state index contributed by atoms with van der Waals surface area (Å²) in [6.07, 6.45) is 1.69. The van der Waals surface area contributed by atoms with Crippen molar-refractivity contribution in [2.45, 2.75) is 32.2 Å². The van der Waals surface area contributed by atoms with Crippen LogP contribution >= 0.6 is 0 Å². The number of hydrogen-bond acceptors (Lipinski definition) is 5. The maximum absolute atomic E-state index is 11.3. The highest BCUT2D eigenvalue weighted by atomic mass is 16.5. The van der Waals surface area contributed by atoms with Gasteiger partial charge in [-0.05, 0) is 29.0 Å². The topological polar surface area (TPSA) is 90.1 Å². The molecule has 0 radical (unpaired) electrons. The van der Waals surface area contributed by atoms with E-state index in [0.29, 0.717) is 25.3 Å². The van der Waals surface area contributed by atoms with Crippen molar-refractivity contribution in [1.29, 1.82) is 0 Å². The minimum absolute atomic E-state index is 0.392. The molecular formula is C14H18N4O3. The molecule has 2 aromatic rings. The number of para-hydroxylation sites is 1. The van der Waals surface area contributed by atoms with E-state index in [9.17, 15) is 9.90 Å². The van der Waals surface area contributed by atoms with Crippen molar-refractivity contribution < 1.29 is 14.6 Å². The summed E-state index contributed by atoms with van der Waals surface area (Å²) in [5.41, 5.74) is 0. The van der Waals surface area contributed by atoms with Gasteiger partial charge in [-0.25, -0.2) is 9.48 Å². The van der Waals surface area contributed by atoms with Crippen LogP contribution in [0.3, 0.4) is 0 Å². The van der Waals surface area contributed by atoms with E-state index < -0.39 is 12.0 Å². The Labute approximate surface area is 122 Å². The standard InChI is InChI=1S/C14H18N4O3/c1-2-6-12(14(19)20)18-13(15-16-17-18)9-10-21-11-7-4-3-5-8-11/h3-5,7-8,12H,2,6,9-10H2,1H3,(H,19,20). The minimum atomic E-state index is -0.922. The molecule has 1 unspecified atom stereocenters. The van der Waals surface area contributed by atoms with E-state index in [1.165, 1.54) is 4.68 Å². The zero-order valence-electron chi connectivity index (χ0n) is 11.8. The lowest BCUT2D eigenvalue weighted by atomic mass is 10.1. The van der Waals surface area contributed by atoms with E-state index in [4.69, 9.17) is 4.74 Å². The largest absolute Gasteiger partial charge is 0.493 e. The SMILES string of the molecule is CCCC(C(=O)O)n1nnnc1CCOc1ccccc1. The second-order valence-electron chi connectivity index (χ2n) is 4.59. The quantitative estimate of drug-likeness (QED) is 0.796. The van der Waals surface area contributed by atoms with Gasteiger partial charge in [0.1, 0.15) is 5.75 Å². The van der Waals surface area contributed by atoms with Gasteiger partial charge >= 0.3 is 5.97 Å². The molecule has 0 aliphatic heterocycles. The highest BCUT2D eigenvalue weighted by molar-refractivity contribution is 5.71. The Bertz CT molecular complexity index is 571. The lowest BCUT2D eigenvalue weighted by Crippen LogP contribution is -2.23.